The Morgan fingerprint density at radius 1 is 1.47 bits per heavy atom. The van der Waals surface area contributed by atoms with Crippen LogP contribution in [-0.2, 0) is 9.53 Å². The number of alkyl halides is 1. The van der Waals surface area contributed by atoms with Crippen molar-refractivity contribution in [2.24, 2.45) is 5.92 Å². The van der Waals surface area contributed by atoms with Crippen LogP contribution in [0.5, 0.6) is 0 Å². The van der Waals surface area contributed by atoms with Crippen molar-refractivity contribution in [2.75, 3.05) is 19.8 Å². The van der Waals surface area contributed by atoms with Gasteiger partial charge in [-0.25, -0.2) is 0 Å². The van der Waals surface area contributed by atoms with E-state index < -0.39 is 0 Å². The Labute approximate surface area is 101 Å². The summed E-state index contributed by atoms with van der Waals surface area (Å²) >= 11 is 3.30. The summed E-state index contributed by atoms with van der Waals surface area (Å²) in [6, 6.07) is 0. The Kier molecular flexibility index (Phi) is 9.10. The SMILES string of the molecule is CCC(Br)C(=O)NCCCOCC(C)C. The quantitative estimate of drug-likeness (QED) is 0.547. The van der Waals surface area contributed by atoms with Crippen LogP contribution < -0.4 is 5.32 Å². The molecule has 0 aromatic heterocycles. The molecule has 0 spiro atoms. The fraction of sp³-hybridized carbons (Fsp3) is 0.909. The van der Waals surface area contributed by atoms with Gasteiger partial charge in [-0.3, -0.25) is 4.79 Å². The van der Waals surface area contributed by atoms with Gasteiger partial charge in [-0.05, 0) is 18.8 Å². The third kappa shape index (κ3) is 8.88. The normalized spacial score (nSPS) is 12.9. The van der Waals surface area contributed by atoms with Gasteiger partial charge in [0.2, 0.25) is 5.91 Å². The average Bonchev–Trinajstić information content (AvgIpc) is 2.21. The third-order valence-corrected chi connectivity index (χ3v) is 2.92. The molecular weight excluding hydrogens is 258 g/mol. The Hall–Kier alpha value is -0.0900. The van der Waals surface area contributed by atoms with Crippen LogP contribution in [0.3, 0.4) is 0 Å². The molecule has 0 aliphatic carbocycles. The molecule has 0 saturated heterocycles. The van der Waals surface area contributed by atoms with Gasteiger partial charge in [0.25, 0.3) is 0 Å². The fourth-order valence-corrected chi connectivity index (χ4v) is 1.16. The van der Waals surface area contributed by atoms with Crippen LogP contribution in [0, 0.1) is 5.92 Å². The van der Waals surface area contributed by atoms with E-state index in [1.165, 1.54) is 0 Å². The molecule has 0 saturated carbocycles. The van der Waals surface area contributed by atoms with Crippen molar-refractivity contribution in [1.82, 2.24) is 5.32 Å². The molecule has 0 radical (unpaired) electrons. The lowest BCUT2D eigenvalue weighted by molar-refractivity contribution is -0.120. The first-order chi connectivity index (χ1) is 7.07. The summed E-state index contributed by atoms with van der Waals surface area (Å²) in [6.45, 7) is 8.43. The van der Waals surface area contributed by atoms with Crippen molar-refractivity contribution in [3.8, 4) is 0 Å². The average molecular weight is 280 g/mol. The highest BCUT2D eigenvalue weighted by Crippen LogP contribution is 2.03. The monoisotopic (exact) mass is 279 g/mol. The van der Waals surface area contributed by atoms with Crippen molar-refractivity contribution in [1.29, 1.82) is 0 Å². The molecule has 1 N–H and O–H groups in total. The highest BCUT2D eigenvalue weighted by atomic mass is 79.9. The number of amides is 1. The minimum absolute atomic E-state index is 0.0610. The lowest BCUT2D eigenvalue weighted by Crippen LogP contribution is -2.31. The highest BCUT2D eigenvalue weighted by molar-refractivity contribution is 9.10. The van der Waals surface area contributed by atoms with Crippen LogP contribution in [0.15, 0.2) is 0 Å². The van der Waals surface area contributed by atoms with Crippen LogP contribution in [0.25, 0.3) is 0 Å². The summed E-state index contributed by atoms with van der Waals surface area (Å²) in [6.07, 6.45) is 1.69. The highest BCUT2D eigenvalue weighted by Gasteiger charge is 2.10. The maximum Gasteiger partial charge on any atom is 0.233 e. The van der Waals surface area contributed by atoms with Crippen molar-refractivity contribution >= 4 is 21.8 Å². The van der Waals surface area contributed by atoms with E-state index in [0.29, 0.717) is 12.5 Å². The molecule has 1 unspecified atom stereocenters. The van der Waals surface area contributed by atoms with Gasteiger partial charge >= 0.3 is 0 Å². The van der Waals surface area contributed by atoms with Crippen LogP contribution in [0.1, 0.15) is 33.6 Å². The number of rotatable bonds is 8. The molecule has 0 rings (SSSR count). The minimum atomic E-state index is -0.0610. The molecule has 0 aromatic carbocycles. The van der Waals surface area contributed by atoms with Crippen molar-refractivity contribution in [3.63, 3.8) is 0 Å². The number of ether oxygens (including phenoxy) is 1. The largest absolute Gasteiger partial charge is 0.381 e. The molecule has 0 fully saturated rings. The summed E-state index contributed by atoms with van der Waals surface area (Å²) in [7, 11) is 0. The second-order valence-electron chi connectivity index (χ2n) is 3.99. The zero-order valence-electron chi connectivity index (χ0n) is 9.88. The number of carbonyl (C=O) groups excluding carboxylic acids is 1. The zero-order chi connectivity index (χ0) is 11.7. The predicted octanol–water partition coefficient (Wildman–Crippen LogP) is 2.34. The van der Waals surface area contributed by atoms with Gasteiger partial charge in [0.15, 0.2) is 0 Å². The molecule has 0 aromatic rings. The van der Waals surface area contributed by atoms with Gasteiger partial charge < -0.3 is 10.1 Å². The third-order valence-electron chi connectivity index (χ3n) is 1.86. The molecule has 0 bridgehead atoms. The summed E-state index contributed by atoms with van der Waals surface area (Å²) in [5.41, 5.74) is 0. The topological polar surface area (TPSA) is 38.3 Å². The molecule has 3 nitrogen and oxygen atoms in total. The second kappa shape index (κ2) is 9.16. The molecule has 0 aliphatic heterocycles. The zero-order valence-corrected chi connectivity index (χ0v) is 11.5. The molecule has 1 amide bonds. The van der Waals surface area contributed by atoms with Crippen LogP contribution in [0.2, 0.25) is 0 Å². The lowest BCUT2D eigenvalue weighted by atomic mass is 10.2. The maximum atomic E-state index is 11.3. The Bertz CT molecular complexity index is 174. The number of carbonyl (C=O) groups is 1. The van der Waals surface area contributed by atoms with Gasteiger partial charge in [0, 0.05) is 19.8 Å². The van der Waals surface area contributed by atoms with E-state index in [2.05, 4.69) is 35.1 Å². The predicted molar refractivity (Wildman–Crippen MR) is 66.3 cm³/mol. The lowest BCUT2D eigenvalue weighted by Gasteiger charge is -2.09. The molecule has 0 aliphatic rings. The smallest absolute Gasteiger partial charge is 0.233 e. The van der Waals surface area contributed by atoms with Gasteiger partial charge in [0.1, 0.15) is 0 Å². The van der Waals surface area contributed by atoms with Gasteiger partial charge in [0.05, 0.1) is 4.83 Å². The first-order valence-corrected chi connectivity index (χ1v) is 6.49. The summed E-state index contributed by atoms with van der Waals surface area (Å²) in [5, 5.41) is 2.86. The van der Waals surface area contributed by atoms with Crippen LogP contribution in [-0.4, -0.2) is 30.5 Å². The molecule has 1 atom stereocenters. The Morgan fingerprint density at radius 2 is 2.13 bits per heavy atom. The van der Waals surface area contributed by atoms with E-state index in [1.807, 2.05) is 6.92 Å². The van der Waals surface area contributed by atoms with Crippen molar-refractivity contribution in [3.05, 3.63) is 0 Å². The molecule has 90 valence electrons. The number of halogens is 1. The number of nitrogens with one attached hydrogen (secondary N) is 1. The number of hydrogen-bond donors (Lipinski definition) is 1. The summed E-state index contributed by atoms with van der Waals surface area (Å²) in [4.78, 5) is 11.3. The van der Waals surface area contributed by atoms with Gasteiger partial charge in [-0.15, -0.1) is 0 Å². The van der Waals surface area contributed by atoms with E-state index >= 15 is 0 Å². The Balaban J connectivity index is 3.27. The minimum Gasteiger partial charge on any atom is -0.381 e. The van der Waals surface area contributed by atoms with Gasteiger partial charge in [-0.2, -0.15) is 0 Å². The van der Waals surface area contributed by atoms with Crippen LogP contribution >= 0.6 is 15.9 Å². The molecule has 4 heteroatoms. The van der Waals surface area contributed by atoms with E-state index in [4.69, 9.17) is 4.74 Å². The first-order valence-electron chi connectivity index (χ1n) is 5.57. The standard InChI is InChI=1S/C11H22BrNO2/c1-4-10(12)11(14)13-6-5-7-15-8-9(2)3/h9-10H,4-8H2,1-3H3,(H,13,14). The van der Waals surface area contributed by atoms with E-state index in [0.717, 1.165) is 26.1 Å². The van der Waals surface area contributed by atoms with Gasteiger partial charge in [-0.1, -0.05) is 36.7 Å². The van der Waals surface area contributed by atoms with Crippen LogP contribution in [0.4, 0.5) is 0 Å². The summed E-state index contributed by atoms with van der Waals surface area (Å²) in [5.74, 6) is 0.646. The second-order valence-corrected chi connectivity index (χ2v) is 5.09. The first kappa shape index (κ1) is 14.9. The van der Waals surface area contributed by atoms with Crippen molar-refractivity contribution in [2.45, 2.75) is 38.4 Å². The molecule has 0 heterocycles. The van der Waals surface area contributed by atoms with E-state index in [1.54, 1.807) is 0 Å². The Morgan fingerprint density at radius 3 is 2.67 bits per heavy atom. The fourth-order valence-electron chi connectivity index (χ4n) is 1.00. The maximum absolute atomic E-state index is 11.3. The molecule has 15 heavy (non-hydrogen) atoms. The van der Waals surface area contributed by atoms with E-state index in [-0.39, 0.29) is 10.7 Å². The van der Waals surface area contributed by atoms with Crippen molar-refractivity contribution < 1.29 is 9.53 Å². The molecular formula is C11H22BrNO2. The van der Waals surface area contributed by atoms with E-state index in [9.17, 15) is 4.79 Å². The summed E-state index contributed by atoms with van der Waals surface area (Å²) < 4.78 is 5.40. The number of hydrogen-bond acceptors (Lipinski definition) is 2.